The van der Waals surface area contributed by atoms with Gasteiger partial charge in [0.25, 0.3) is 0 Å². The van der Waals surface area contributed by atoms with Gasteiger partial charge in [-0.15, -0.1) is 0 Å². The van der Waals surface area contributed by atoms with Crippen molar-refractivity contribution in [3.05, 3.63) is 64.7 Å². The van der Waals surface area contributed by atoms with Crippen molar-refractivity contribution in [3.63, 3.8) is 0 Å². The number of carbonyl (C=O) groups is 1. The van der Waals surface area contributed by atoms with Crippen LogP contribution in [0, 0.1) is 0 Å². The molecular weight excluding hydrogens is 262 g/mol. The third-order valence-electron chi connectivity index (χ3n) is 2.87. The Hall–Kier alpha value is -2.00. The van der Waals surface area contributed by atoms with Gasteiger partial charge in [-0.2, -0.15) is 0 Å². The standard InChI is InChI=1S/C15H14ClNO2/c1-17(10-11-5-3-2-4-6-11)14-9-12(15(18)19)7-8-13(14)16/h2-9H,10H2,1H3,(H,18,19). The Bertz CT molecular complexity index is 584. The smallest absolute Gasteiger partial charge is 0.335 e. The highest BCUT2D eigenvalue weighted by atomic mass is 35.5. The third kappa shape index (κ3) is 3.26. The maximum Gasteiger partial charge on any atom is 0.335 e. The minimum Gasteiger partial charge on any atom is -0.478 e. The molecule has 0 aliphatic heterocycles. The minimum atomic E-state index is -0.953. The van der Waals surface area contributed by atoms with Gasteiger partial charge >= 0.3 is 5.97 Å². The molecule has 1 N–H and O–H groups in total. The van der Waals surface area contributed by atoms with E-state index in [1.165, 1.54) is 6.07 Å². The lowest BCUT2D eigenvalue weighted by Gasteiger charge is -2.21. The number of aromatic carboxylic acids is 1. The second-order valence-corrected chi connectivity index (χ2v) is 4.72. The molecule has 19 heavy (non-hydrogen) atoms. The van der Waals surface area contributed by atoms with E-state index in [1.807, 2.05) is 42.3 Å². The van der Waals surface area contributed by atoms with Crippen LogP contribution in [0.15, 0.2) is 48.5 Å². The zero-order valence-corrected chi connectivity index (χ0v) is 11.3. The van der Waals surface area contributed by atoms with Crippen molar-refractivity contribution in [3.8, 4) is 0 Å². The molecule has 0 radical (unpaired) electrons. The monoisotopic (exact) mass is 275 g/mol. The van der Waals surface area contributed by atoms with Gasteiger partial charge in [-0.1, -0.05) is 41.9 Å². The number of benzene rings is 2. The van der Waals surface area contributed by atoms with Crippen LogP contribution < -0.4 is 4.90 Å². The van der Waals surface area contributed by atoms with Gasteiger partial charge in [0.2, 0.25) is 0 Å². The second kappa shape index (κ2) is 5.76. The number of rotatable bonds is 4. The first-order valence-corrected chi connectivity index (χ1v) is 6.23. The molecule has 0 heterocycles. The summed E-state index contributed by atoms with van der Waals surface area (Å²) in [6.07, 6.45) is 0. The lowest BCUT2D eigenvalue weighted by Crippen LogP contribution is -2.17. The molecule has 0 amide bonds. The van der Waals surface area contributed by atoms with Crippen molar-refractivity contribution in [2.75, 3.05) is 11.9 Å². The van der Waals surface area contributed by atoms with E-state index in [-0.39, 0.29) is 5.56 Å². The van der Waals surface area contributed by atoms with Crippen molar-refractivity contribution in [2.45, 2.75) is 6.54 Å². The van der Waals surface area contributed by atoms with E-state index in [1.54, 1.807) is 12.1 Å². The van der Waals surface area contributed by atoms with Crippen LogP contribution >= 0.6 is 11.6 Å². The predicted octanol–water partition coefficient (Wildman–Crippen LogP) is 3.67. The van der Waals surface area contributed by atoms with Gasteiger partial charge in [-0.25, -0.2) is 4.79 Å². The Kier molecular flexibility index (Phi) is 4.07. The highest BCUT2D eigenvalue weighted by Gasteiger charge is 2.11. The van der Waals surface area contributed by atoms with Crippen LogP contribution in [0.5, 0.6) is 0 Å². The first-order valence-electron chi connectivity index (χ1n) is 5.86. The predicted molar refractivity (Wildman–Crippen MR) is 77.0 cm³/mol. The van der Waals surface area contributed by atoms with E-state index in [4.69, 9.17) is 16.7 Å². The van der Waals surface area contributed by atoms with Gasteiger partial charge in [-0.05, 0) is 23.8 Å². The van der Waals surface area contributed by atoms with Crippen molar-refractivity contribution >= 4 is 23.3 Å². The normalized spacial score (nSPS) is 10.2. The lowest BCUT2D eigenvalue weighted by molar-refractivity contribution is 0.0697. The van der Waals surface area contributed by atoms with E-state index in [0.717, 1.165) is 5.56 Å². The Morgan fingerprint density at radius 1 is 1.21 bits per heavy atom. The zero-order chi connectivity index (χ0) is 13.8. The van der Waals surface area contributed by atoms with Crippen LogP contribution in [-0.2, 0) is 6.54 Å². The molecule has 3 nitrogen and oxygen atoms in total. The molecule has 0 aromatic heterocycles. The van der Waals surface area contributed by atoms with Crippen LogP contribution in [0.25, 0.3) is 0 Å². The SMILES string of the molecule is CN(Cc1ccccc1)c1cc(C(=O)O)ccc1Cl. The molecular formula is C15H14ClNO2. The van der Waals surface area contributed by atoms with Crippen molar-refractivity contribution in [2.24, 2.45) is 0 Å². The molecule has 2 aromatic rings. The zero-order valence-electron chi connectivity index (χ0n) is 10.5. The van der Waals surface area contributed by atoms with Gasteiger partial charge in [0.1, 0.15) is 0 Å². The summed E-state index contributed by atoms with van der Waals surface area (Å²) >= 11 is 6.13. The van der Waals surface area contributed by atoms with Gasteiger partial charge in [-0.3, -0.25) is 0 Å². The number of anilines is 1. The summed E-state index contributed by atoms with van der Waals surface area (Å²) in [4.78, 5) is 12.9. The van der Waals surface area contributed by atoms with E-state index >= 15 is 0 Å². The van der Waals surface area contributed by atoms with Crippen LogP contribution in [0.4, 0.5) is 5.69 Å². The molecule has 0 aliphatic rings. The largest absolute Gasteiger partial charge is 0.478 e. The van der Waals surface area contributed by atoms with Gasteiger partial charge in [0.15, 0.2) is 0 Å². The quantitative estimate of drug-likeness (QED) is 0.925. The summed E-state index contributed by atoms with van der Waals surface area (Å²) in [5.41, 5.74) is 2.09. The van der Waals surface area contributed by atoms with E-state index < -0.39 is 5.97 Å². The van der Waals surface area contributed by atoms with Gasteiger partial charge in [0.05, 0.1) is 16.3 Å². The molecule has 0 unspecified atom stereocenters. The molecule has 0 bridgehead atoms. The molecule has 0 spiro atoms. The maximum absolute atomic E-state index is 11.0. The molecule has 4 heteroatoms. The average molecular weight is 276 g/mol. The molecule has 2 rings (SSSR count). The maximum atomic E-state index is 11.0. The van der Waals surface area contributed by atoms with Crippen molar-refractivity contribution in [1.29, 1.82) is 0 Å². The fourth-order valence-corrected chi connectivity index (χ4v) is 2.14. The highest BCUT2D eigenvalue weighted by Crippen LogP contribution is 2.27. The third-order valence-corrected chi connectivity index (χ3v) is 3.19. The Morgan fingerprint density at radius 3 is 2.53 bits per heavy atom. The van der Waals surface area contributed by atoms with Gasteiger partial charge < -0.3 is 10.0 Å². The summed E-state index contributed by atoms with van der Waals surface area (Å²) in [6.45, 7) is 0.670. The summed E-state index contributed by atoms with van der Waals surface area (Å²) in [7, 11) is 1.89. The fourth-order valence-electron chi connectivity index (χ4n) is 1.88. The van der Waals surface area contributed by atoms with E-state index in [0.29, 0.717) is 17.3 Å². The number of hydrogen-bond acceptors (Lipinski definition) is 2. The molecule has 0 saturated carbocycles. The number of nitrogens with zero attached hydrogens (tertiary/aromatic N) is 1. The molecule has 0 saturated heterocycles. The minimum absolute atomic E-state index is 0.235. The van der Waals surface area contributed by atoms with Crippen molar-refractivity contribution in [1.82, 2.24) is 0 Å². The lowest BCUT2D eigenvalue weighted by atomic mass is 10.1. The molecule has 2 aromatic carbocycles. The highest BCUT2D eigenvalue weighted by molar-refractivity contribution is 6.33. The number of hydrogen-bond donors (Lipinski definition) is 1. The summed E-state index contributed by atoms with van der Waals surface area (Å²) in [5, 5.41) is 9.55. The van der Waals surface area contributed by atoms with Crippen molar-refractivity contribution < 1.29 is 9.90 Å². The molecule has 0 atom stereocenters. The Balaban J connectivity index is 2.25. The first kappa shape index (κ1) is 13.4. The summed E-state index contributed by atoms with van der Waals surface area (Å²) in [6, 6.07) is 14.6. The number of carboxylic acids is 1. The summed E-state index contributed by atoms with van der Waals surface area (Å²) < 4.78 is 0. The molecule has 0 fully saturated rings. The van der Waals surface area contributed by atoms with Crippen LogP contribution in [0.3, 0.4) is 0 Å². The summed E-state index contributed by atoms with van der Waals surface area (Å²) in [5.74, 6) is -0.953. The Morgan fingerprint density at radius 2 is 1.89 bits per heavy atom. The first-order chi connectivity index (χ1) is 9.08. The fraction of sp³-hybridized carbons (Fsp3) is 0.133. The molecule has 98 valence electrons. The Labute approximate surface area is 117 Å². The average Bonchev–Trinajstić information content (AvgIpc) is 2.40. The van der Waals surface area contributed by atoms with E-state index in [2.05, 4.69) is 0 Å². The number of halogens is 1. The second-order valence-electron chi connectivity index (χ2n) is 4.31. The van der Waals surface area contributed by atoms with Crippen LogP contribution in [0.1, 0.15) is 15.9 Å². The van der Waals surface area contributed by atoms with Crippen LogP contribution in [-0.4, -0.2) is 18.1 Å². The van der Waals surface area contributed by atoms with E-state index in [9.17, 15) is 4.79 Å². The molecule has 0 aliphatic carbocycles. The van der Waals surface area contributed by atoms with Gasteiger partial charge in [0, 0.05) is 13.6 Å². The van der Waals surface area contributed by atoms with Crippen LogP contribution in [0.2, 0.25) is 5.02 Å². The topological polar surface area (TPSA) is 40.5 Å². The number of carboxylic acid groups (broad SMARTS) is 1.